The Bertz CT molecular complexity index is 486. The number of hydrogen-bond donors (Lipinski definition) is 3. The number of benzene rings is 1. The fourth-order valence-electron chi connectivity index (χ4n) is 2.69. The number of urea groups is 1. The van der Waals surface area contributed by atoms with E-state index in [0.717, 1.165) is 12.8 Å². The zero-order valence-electron chi connectivity index (χ0n) is 11.4. The van der Waals surface area contributed by atoms with Crippen molar-refractivity contribution >= 4 is 11.7 Å². The van der Waals surface area contributed by atoms with Gasteiger partial charge < -0.3 is 16.4 Å². The molecule has 1 fully saturated rings. The minimum absolute atomic E-state index is 0.0379. The summed E-state index contributed by atoms with van der Waals surface area (Å²) >= 11 is 0. The van der Waals surface area contributed by atoms with Crippen LogP contribution in [0.5, 0.6) is 0 Å². The third kappa shape index (κ3) is 3.72. The van der Waals surface area contributed by atoms with Crippen LogP contribution < -0.4 is 16.4 Å². The Kier molecular flexibility index (Phi) is 4.97. The zero-order chi connectivity index (χ0) is 14.4. The molecule has 106 valence electrons. The molecule has 0 radical (unpaired) electrons. The molecule has 1 aliphatic rings. The minimum atomic E-state index is -0.239. The van der Waals surface area contributed by atoms with Gasteiger partial charge in [-0.1, -0.05) is 12.8 Å². The standard InChI is InChI=1S/C15H20N4O/c16-9-11-5-7-13(8-6-11)18-15(20)19-14(10-17)12-3-1-2-4-12/h5-8,12,14H,1-4,10,17H2,(H2,18,19,20). The fraction of sp³-hybridized carbons (Fsp3) is 0.467. The van der Waals surface area contributed by atoms with Gasteiger partial charge in [0.05, 0.1) is 11.6 Å². The molecule has 1 atom stereocenters. The summed E-state index contributed by atoms with van der Waals surface area (Å²) in [6.07, 6.45) is 4.72. The fourth-order valence-corrected chi connectivity index (χ4v) is 2.69. The molecule has 0 spiro atoms. The van der Waals surface area contributed by atoms with Gasteiger partial charge in [-0.3, -0.25) is 0 Å². The first-order valence-corrected chi connectivity index (χ1v) is 7.00. The predicted octanol–water partition coefficient (Wildman–Crippen LogP) is 2.20. The highest BCUT2D eigenvalue weighted by molar-refractivity contribution is 5.89. The normalized spacial score (nSPS) is 16.4. The Morgan fingerprint density at radius 1 is 1.35 bits per heavy atom. The summed E-state index contributed by atoms with van der Waals surface area (Å²) in [6, 6.07) is 8.61. The van der Waals surface area contributed by atoms with Crippen LogP contribution in [0.2, 0.25) is 0 Å². The van der Waals surface area contributed by atoms with Gasteiger partial charge in [0, 0.05) is 18.3 Å². The van der Waals surface area contributed by atoms with Crippen LogP contribution in [0.4, 0.5) is 10.5 Å². The number of anilines is 1. The van der Waals surface area contributed by atoms with Gasteiger partial charge in [-0.2, -0.15) is 5.26 Å². The Morgan fingerprint density at radius 2 is 2.00 bits per heavy atom. The van der Waals surface area contributed by atoms with Crippen LogP contribution >= 0.6 is 0 Å². The van der Waals surface area contributed by atoms with Crippen LogP contribution in [0.1, 0.15) is 31.2 Å². The van der Waals surface area contributed by atoms with Gasteiger partial charge in [-0.25, -0.2) is 4.79 Å². The van der Waals surface area contributed by atoms with Crippen molar-refractivity contribution in [1.29, 1.82) is 5.26 Å². The van der Waals surface area contributed by atoms with Crippen molar-refractivity contribution in [2.24, 2.45) is 11.7 Å². The second-order valence-electron chi connectivity index (χ2n) is 5.17. The molecule has 1 unspecified atom stereocenters. The van der Waals surface area contributed by atoms with Crippen molar-refractivity contribution < 1.29 is 4.79 Å². The monoisotopic (exact) mass is 272 g/mol. The second kappa shape index (κ2) is 6.92. The summed E-state index contributed by atoms with van der Waals surface area (Å²) in [5.41, 5.74) is 6.99. The highest BCUT2D eigenvalue weighted by Gasteiger charge is 2.25. The smallest absolute Gasteiger partial charge is 0.319 e. The first-order chi connectivity index (χ1) is 9.72. The lowest BCUT2D eigenvalue weighted by Gasteiger charge is -2.23. The van der Waals surface area contributed by atoms with Crippen LogP contribution in [0.3, 0.4) is 0 Å². The summed E-state index contributed by atoms with van der Waals surface area (Å²) in [7, 11) is 0. The number of hydrogen-bond acceptors (Lipinski definition) is 3. The summed E-state index contributed by atoms with van der Waals surface area (Å²) in [5.74, 6) is 0.492. The van der Waals surface area contributed by atoms with Crippen molar-refractivity contribution in [3.63, 3.8) is 0 Å². The molecule has 1 aromatic rings. The summed E-state index contributed by atoms with van der Waals surface area (Å²) < 4.78 is 0. The number of nitriles is 1. The van der Waals surface area contributed by atoms with E-state index in [9.17, 15) is 4.79 Å². The van der Waals surface area contributed by atoms with Gasteiger partial charge in [0.2, 0.25) is 0 Å². The zero-order valence-corrected chi connectivity index (χ0v) is 11.4. The topological polar surface area (TPSA) is 90.9 Å². The molecule has 0 saturated heterocycles. The molecule has 2 amide bonds. The lowest BCUT2D eigenvalue weighted by Crippen LogP contribution is -2.46. The molecule has 4 N–H and O–H groups in total. The predicted molar refractivity (Wildman–Crippen MR) is 78.1 cm³/mol. The molecule has 2 rings (SSSR count). The van der Waals surface area contributed by atoms with Crippen molar-refractivity contribution in [1.82, 2.24) is 5.32 Å². The van der Waals surface area contributed by atoms with E-state index in [4.69, 9.17) is 11.0 Å². The second-order valence-corrected chi connectivity index (χ2v) is 5.17. The Labute approximate surface area is 119 Å². The van der Waals surface area contributed by atoms with Crippen molar-refractivity contribution in [2.45, 2.75) is 31.7 Å². The highest BCUT2D eigenvalue weighted by atomic mass is 16.2. The third-order valence-corrected chi connectivity index (χ3v) is 3.81. The number of nitrogens with one attached hydrogen (secondary N) is 2. The average Bonchev–Trinajstić information content (AvgIpc) is 2.99. The summed E-state index contributed by atoms with van der Waals surface area (Å²) in [4.78, 5) is 12.0. The van der Waals surface area contributed by atoms with Gasteiger partial charge in [0.1, 0.15) is 0 Å². The van der Waals surface area contributed by atoms with Crippen molar-refractivity contribution in [3.05, 3.63) is 29.8 Å². The number of nitrogens with zero attached hydrogens (tertiary/aromatic N) is 1. The Morgan fingerprint density at radius 3 is 2.55 bits per heavy atom. The van der Waals surface area contributed by atoms with E-state index in [0.29, 0.717) is 23.7 Å². The van der Waals surface area contributed by atoms with E-state index in [1.54, 1.807) is 24.3 Å². The number of rotatable bonds is 4. The molecule has 0 heterocycles. The van der Waals surface area contributed by atoms with Gasteiger partial charge in [0.25, 0.3) is 0 Å². The lowest BCUT2D eigenvalue weighted by molar-refractivity contribution is 0.243. The average molecular weight is 272 g/mol. The van der Waals surface area contributed by atoms with E-state index < -0.39 is 0 Å². The first-order valence-electron chi connectivity index (χ1n) is 7.00. The number of carbonyl (C=O) groups is 1. The number of nitrogens with two attached hydrogens (primary N) is 1. The molecule has 0 aromatic heterocycles. The third-order valence-electron chi connectivity index (χ3n) is 3.81. The van der Waals surface area contributed by atoms with Crippen molar-refractivity contribution in [2.75, 3.05) is 11.9 Å². The molecule has 5 nitrogen and oxygen atoms in total. The van der Waals surface area contributed by atoms with Crippen LogP contribution in [-0.4, -0.2) is 18.6 Å². The van der Waals surface area contributed by atoms with E-state index in [1.165, 1.54) is 12.8 Å². The van der Waals surface area contributed by atoms with Gasteiger partial charge >= 0.3 is 6.03 Å². The molecular formula is C15H20N4O. The lowest BCUT2D eigenvalue weighted by atomic mass is 9.98. The van der Waals surface area contributed by atoms with Gasteiger partial charge in [0.15, 0.2) is 0 Å². The maximum atomic E-state index is 12.0. The maximum Gasteiger partial charge on any atom is 0.319 e. The first kappa shape index (κ1) is 14.4. The quantitative estimate of drug-likeness (QED) is 0.784. The highest BCUT2D eigenvalue weighted by Crippen LogP contribution is 2.27. The molecule has 5 heteroatoms. The summed E-state index contributed by atoms with van der Waals surface area (Å²) in [6.45, 7) is 0.464. The number of amides is 2. The SMILES string of the molecule is N#Cc1ccc(NC(=O)NC(CN)C2CCCC2)cc1. The molecule has 20 heavy (non-hydrogen) atoms. The molecule has 0 bridgehead atoms. The van der Waals surface area contributed by atoms with Gasteiger partial charge in [-0.05, 0) is 43.0 Å². The number of carbonyl (C=O) groups excluding carboxylic acids is 1. The van der Waals surface area contributed by atoms with Crippen LogP contribution in [0, 0.1) is 17.2 Å². The molecule has 0 aliphatic heterocycles. The molecular weight excluding hydrogens is 252 g/mol. The Balaban J connectivity index is 1.88. The van der Waals surface area contributed by atoms with Gasteiger partial charge in [-0.15, -0.1) is 0 Å². The van der Waals surface area contributed by atoms with E-state index >= 15 is 0 Å². The minimum Gasteiger partial charge on any atom is -0.334 e. The molecule has 1 saturated carbocycles. The molecule has 1 aromatic carbocycles. The van der Waals surface area contributed by atoms with Crippen LogP contribution in [0.15, 0.2) is 24.3 Å². The Hall–Kier alpha value is -2.06. The summed E-state index contributed by atoms with van der Waals surface area (Å²) in [5, 5.41) is 14.4. The van der Waals surface area contributed by atoms with Crippen LogP contribution in [0.25, 0.3) is 0 Å². The molecule has 1 aliphatic carbocycles. The van der Waals surface area contributed by atoms with Crippen molar-refractivity contribution in [3.8, 4) is 6.07 Å². The van der Waals surface area contributed by atoms with E-state index in [1.807, 2.05) is 6.07 Å². The largest absolute Gasteiger partial charge is 0.334 e. The van der Waals surface area contributed by atoms with E-state index in [-0.39, 0.29) is 12.1 Å². The van der Waals surface area contributed by atoms with E-state index in [2.05, 4.69) is 10.6 Å². The van der Waals surface area contributed by atoms with Crippen LogP contribution in [-0.2, 0) is 0 Å². The maximum absolute atomic E-state index is 12.0.